The first kappa shape index (κ1) is 11.2. The molecule has 0 amide bonds. The number of rotatable bonds is 6. The van der Waals surface area contributed by atoms with E-state index in [-0.39, 0.29) is 0 Å². The number of hydrogen-bond acceptors (Lipinski definition) is 3. The molecule has 4 nitrogen and oxygen atoms in total. The summed E-state index contributed by atoms with van der Waals surface area (Å²) in [5.74, 6) is 0. The average molecular weight is 196 g/mol. The van der Waals surface area contributed by atoms with Crippen molar-refractivity contribution in [1.82, 2.24) is 20.8 Å². The Hall–Kier alpha value is -0.870. The van der Waals surface area contributed by atoms with Crippen molar-refractivity contribution in [3.05, 3.63) is 17.5 Å². The van der Waals surface area contributed by atoms with Crippen LogP contribution in [0, 0.1) is 6.92 Å². The number of hydrogen-bond donors (Lipinski definition) is 3. The fraction of sp³-hybridized carbons (Fsp3) is 0.700. The van der Waals surface area contributed by atoms with Gasteiger partial charge in [-0.25, -0.2) is 0 Å². The number of H-pyrrole nitrogens is 1. The van der Waals surface area contributed by atoms with Gasteiger partial charge >= 0.3 is 0 Å². The van der Waals surface area contributed by atoms with Crippen LogP contribution in [0.25, 0.3) is 0 Å². The summed E-state index contributed by atoms with van der Waals surface area (Å²) in [6.45, 7) is 9.13. The van der Waals surface area contributed by atoms with Gasteiger partial charge in [-0.3, -0.25) is 5.10 Å². The Balaban J connectivity index is 2.04. The van der Waals surface area contributed by atoms with Gasteiger partial charge in [0.15, 0.2) is 0 Å². The lowest BCUT2D eigenvalue weighted by Gasteiger charge is -2.07. The number of nitrogens with zero attached hydrogens (tertiary/aromatic N) is 1. The molecule has 14 heavy (non-hydrogen) atoms. The first-order valence-electron chi connectivity index (χ1n) is 5.13. The monoisotopic (exact) mass is 196 g/mol. The second-order valence-electron chi connectivity index (χ2n) is 3.83. The minimum atomic E-state index is 0.560. The number of aromatic nitrogens is 2. The van der Waals surface area contributed by atoms with Gasteiger partial charge in [0, 0.05) is 31.4 Å². The minimum absolute atomic E-state index is 0.560. The van der Waals surface area contributed by atoms with Crippen molar-refractivity contribution in [3.63, 3.8) is 0 Å². The van der Waals surface area contributed by atoms with Crippen LogP contribution in [-0.2, 0) is 6.54 Å². The van der Waals surface area contributed by atoms with Crippen molar-refractivity contribution >= 4 is 0 Å². The largest absolute Gasteiger partial charge is 0.313 e. The predicted molar refractivity (Wildman–Crippen MR) is 58.2 cm³/mol. The number of nitrogens with one attached hydrogen (secondary N) is 3. The highest BCUT2D eigenvalue weighted by molar-refractivity contribution is 5.05. The summed E-state index contributed by atoms with van der Waals surface area (Å²) in [7, 11) is 0. The quantitative estimate of drug-likeness (QED) is 0.590. The third kappa shape index (κ3) is 4.39. The van der Waals surface area contributed by atoms with Gasteiger partial charge in [-0.2, -0.15) is 5.10 Å². The van der Waals surface area contributed by atoms with Gasteiger partial charge in [-0.05, 0) is 13.0 Å². The Morgan fingerprint density at radius 1 is 1.43 bits per heavy atom. The zero-order valence-electron chi connectivity index (χ0n) is 9.22. The number of aromatic amines is 1. The Morgan fingerprint density at radius 2 is 2.21 bits per heavy atom. The molecule has 4 heteroatoms. The normalized spacial score (nSPS) is 11.1. The summed E-state index contributed by atoms with van der Waals surface area (Å²) in [6.07, 6.45) is 0. The molecular formula is C10H20N4. The van der Waals surface area contributed by atoms with Crippen molar-refractivity contribution in [1.29, 1.82) is 0 Å². The molecule has 0 fully saturated rings. The second-order valence-corrected chi connectivity index (χ2v) is 3.83. The van der Waals surface area contributed by atoms with E-state index in [0.717, 1.165) is 31.0 Å². The molecule has 1 aromatic rings. The van der Waals surface area contributed by atoms with Crippen molar-refractivity contribution in [2.45, 2.75) is 33.4 Å². The van der Waals surface area contributed by atoms with E-state index in [9.17, 15) is 0 Å². The maximum absolute atomic E-state index is 4.14. The molecule has 1 heterocycles. The average Bonchev–Trinajstić information content (AvgIpc) is 2.50. The van der Waals surface area contributed by atoms with Gasteiger partial charge in [-0.15, -0.1) is 0 Å². The van der Waals surface area contributed by atoms with Crippen LogP contribution < -0.4 is 10.6 Å². The molecule has 80 valence electrons. The second kappa shape index (κ2) is 5.78. The molecule has 3 N–H and O–H groups in total. The van der Waals surface area contributed by atoms with Gasteiger partial charge in [0.1, 0.15) is 0 Å². The summed E-state index contributed by atoms with van der Waals surface area (Å²) >= 11 is 0. The molecule has 0 aliphatic rings. The Bertz CT molecular complexity index is 254. The third-order valence-corrected chi connectivity index (χ3v) is 1.92. The van der Waals surface area contributed by atoms with Gasteiger partial charge in [0.05, 0.1) is 5.69 Å². The standard InChI is InChI=1S/C10H20N4/c1-8(2)12-5-4-11-7-10-6-9(3)13-14-10/h6,8,11-12H,4-5,7H2,1-3H3,(H,13,14). The molecule has 1 rings (SSSR count). The van der Waals surface area contributed by atoms with Crippen LogP contribution in [0.1, 0.15) is 25.2 Å². The van der Waals surface area contributed by atoms with Gasteiger partial charge in [-0.1, -0.05) is 13.8 Å². The lowest BCUT2D eigenvalue weighted by atomic mass is 10.3. The molecular weight excluding hydrogens is 176 g/mol. The number of aryl methyl sites for hydroxylation is 1. The molecule has 0 saturated carbocycles. The molecule has 0 aliphatic carbocycles. The summed E-state index contributed by atoms with van der Waals surface area (Å²) < 4.78 is 0. The molecule has 0 aromatic carbocycles. The van der Waals surface area contributed by atoms with Crippen LogP contribution in [0.15, 0.2) is 6.07 Å². The molecule has 0 atom stereocenters. The topological polar surface area (TPSA) is 52.7 Å². The van der Waals surface area contributed by atoms with Crippen molar-refractivity contribution < 1.29 is 0 Å². The van der Waals surface area contributed by atoms with E-state index in [1.165, 1.54) is 0 Å². The fourth-order valence-electron chi connectivity index (χ4n) is 1.23. The van der Waals surface area contributed by atoms with Crippen LogP contribution in [0.3, 0.4) is 0 Å². The molecule has 1 aromatic heterocycles. The predicted octanol–water partition coefficient (Wildman–Crippen LogP) is 0.806. The Morgan fingerprint density at radius 3 is 2.79 bits per heavy atom. The smallest absolute Gasteiger partial charge is 0.0762 e. The minimum Gasteiger partial charge on any atom is -0.313 e. The molecule has 0 radical (unpaired) electrons. The van der Waals surface area contributed by atoms with Crippen molar-refractivity contribution in [2.24, 2.45) is 0 Å². The highest BCUT2D eigenvalue weighted by atomic mass is 15.1. The van der Waals surface area contributed by atoms with E-state index in [2.05, 4.69) is 40.7 Å². The van der Waals surface area contributed by atoms with Crippen LogP contribution in [-0.4, -0.2) is 29.3 Å². The van der Waals surface area contributed by atoms with Gasteiger partial charge < -0.3 is 10.6 Å². The maximum atomic E-state index is 4.14. The van der Waals surface area contributed by atoms with E-state index in [4.69, 9.17) is 0 Å². The fourth-order valence-corrected chi connectivity index (χ4v) is 1.23. The lowest BCUT2D eigenvalue weighted by molar-refractivity contribution is 0.553. The van der Waals surface area contributed by atoms with Crippen molar-refractivity contribution in [2.75, 3.05) is 13.1 Å². The SMILES string of the molecule is Cc1cc(CNCCNC(C)C)n[nH]1. The van der Waals surface area contributed by atoms with Crippen LogP contribution in [0.2, 0.25) is 0 Å². The lowest BCUT2D eigenvalue weighted by Crippen LogP contribution is -2.31. The zero-order chi connectivity index (χ0) is 10.4. The van der Waals surface area contributed by atoms with Gasteiger partial charge in [0.25, 0.3) is 0 Å². The zero-order valence-corrected chi connectivity index (χ0v) is 9.22. The highest BCUT2D eigenvalue weighted by Crippen LogP contribution is 1.95. The van der Waals surface area contributed by atoms with Crippen LogP contribution in [0.4, 0.5) is 0 Å². The molecule has 0 spiro atoms. The van der Waals surface area contributed by atoms with E-state index in [1.807, 2.05) is 6.92 Å². The van der Waals surface area contributed by atoms with E-state index >= 15 is 0 Å². The Kier molecular flexibility index (Phi) is 4.62. The van der Waals surface area contributed by atoms with Crippen LogP contribution >= 0.6 is 0 Å². The van der Waals surface area contributed by atoms with E-state index in [0.29, 0.717) is 6.04 Å². The first-order chi connectivity index (χ1) is 6.68. The molecule has 0 bridgehead atoms. The Labute approximate surface area is 85.5 Å². The van der Waals surface area contributed by atoms with E-state index in [1.54, 1.807) is 0 Å². The summed E-state index contributed by atoms with van der Waals surface area (Å²) in [5, 5.41) is 13.7. The van der Waals surface area contributed by atoms with E-state index < -0.39 is 0 Å². The summed E-state index contributed by atoms with van der Waals surface area (Å²) in [6, 6.07) is 2.62. The third-order valence-electron chi connectivity index (χ3n) is 1.92. The summed E-state index contributed by atoms with van der Waals surface area (Å²) in [5.41, 5.74) is 2.19. The molecule has 0 aliphatic heterocycles. The van der Waals surface area contributed by atoms with Gasteiger partial charge in [0.2, 0.25) is 0 Å². The highest BCUT2D eigenvalue weighted by Gasteiger charge is 1.96. The first-order valence-corrected chi connectivity index (χ1v) is 5.13. The molecule has 0 unspecified atom stereocenters. The maximum Gasteiger partial charge on any atom is 0.0762 e. The van der Waals surface area contributed by atoms with Crippen molar-refractivity contribution in [3.8, 4) is 0 Å². The summed E-state index contributed by atoms with van der Waals surface area (Å²) in [4.78, 5) is 0. The van der Waals surface area contributed by atoms with Crippen LogP contribution in [0.5, 0.6) is 0 Å². The molecule has 0 saturated heterocycles.